The molecule has 2 unspecified atom stereocenters. The Hall–Kier alpha value is -2.93. The van der Waals surface area contributed by atoms with Crippen LogP contribution in [0, 0.1) is 7.14 Å². The van der Waals surface area contributed by atoms with Gasteiger partial charge in [0.1, 0.15) is 18.5 Å². The van der Waals surface area contributed by atoms with Crippen LogP contribution in [-0.4, -0.2) is 66.9 Å². The summed E-state index contributed by atoms with van der Waals surface area (Å²) in [7, 11) is 1.42. The lowest BCUT2D eigenvalue weighted by molar-refractivity contribution is -0.137. The van der Waals surface area contributed by atoms with E-state index in [1.807, 2.05) is 42.5 Å². The number of hydrogen-bond donors (Lipinski definition) is 5. The number of carbonyl (C=O) groups is 2. The molecule has 14 heteroatoms. The van der Waals surface area contributed by atoms with Crippen molar-refractivity contribution in [3.05, 3.63) is 78.9 Å². The third-order valence-corrected chi connectivity index (χ3v) is 7.68. The summed E-state index contributed by atoms with van der Waals surface area (Å²) in [6.45, 7) is 0.857. The van der Waals surface area contributed by atoms with Crippen LogP contribution in [-0.2, 0) is 22.6 Å². The van der Waals surface area contributed by atoms with Crippen LogP contribution in [0.15, 0.2) is 55.1 Å². The number of benzene rings is 2. The molecule has 3 heterocycles. The number of imidazole rings is 1. The molecule has 0 saturated carbocycles. The van der Waals surface area contributed by atoms with Gasteiger partial charge in [0.15, 0.2) is 29.3 Å². The van der Waals surface area contributed by atoms with Gasteiger partial charge in [-0.25, -0.2) is 15.0 Å². The molecule has 1 saturated heterocycles. The largest absolute Gasteiger partial charge is 0.387 e. The van der Waals surface area contributed by atoms with Gasteiger partial charge in [-0.3, -0.25) is 14.2 Å². The van der Waals surface area contributed by atoms with E-state index in [0.717, 1.165) is 18.3 Å². The van der Waals surface area contributed by atoms with E-state index >= 15 is 0 Å². The molecule has 40 heavy (non-hydrogen) atoms. The van der Waals surface area contributed by atoms with Crippen molar-refractivity contribution in [3.8, 4) is 0 Å². The van der Waals surface area contributed by atoms with Gasteiger partial charge < -0.3 is 30.9 Å². The van der Waals surface area contributed by atoms with Gasteiger partial charge in [0.25, 0.3) is 11.8 Å². The van der Waals surface area contributed by atoms with Crippen molar-refractivity contribution in [1.82, 2.24) is 30.2 Å². The molecule has 2 amide bonds. The summed E-state index contributed by atoms with van der Waals surface area (Å²) < 4.78 is 9.14. The summed E-state index contributed by atoms with van der Waals surface area (Å²) in [6, 6.07) is 13.5. The summed E-state index contributed by atoms with van der Waals surface area (Å²) in [5.41, 5.74) is 3.40. The van der Waals surface area contributed by atoms with Crippen LogP contribution in [0.25, 0.3) is 11.2 Å². The minimum atomic E-state index is -1.40. The van der Waals surface area contributed by atoms with Crippen LogP contribution in [0.2, 0.25) is 0 Å². The molecule has 5 rings (SSSR count). The molecule has 4 aromatic rings. The lowest BCUT2D eigenvalue weighted by Gasteiger charge is -2.16. The molecule has 4 atom stereocenters. The number of amides is 2. The Balaban J connectivity index is 1.22. The predicted molar refractivity (Wildman–Crippen MR) is 162 cm³/mol. The van der Waals surface area contributed by atoms with E-state index in [1.165, 1.54) is 24.3 Å². The molecule has 1 aliphatic heterocycles. The van der Waals surface area contributed by atoms with E-state index in [2.05, 4.69) is 76.1 Å². The summed E-state index contributed by atoms with van der Waals surface area (Å²) >= 11 is 4.40. The maximum Gasteiger partial charge on any atom is 0.251 e. The van der Waals surface area contributed by atoms with Gasteiger partial charge in [0.2, 0.25) is 0 Å². The second-order valence-corrected chi connectivity index (χ2v) is 11.6. The number of rotatable bonds is 8. The van der Waals surface area contributed by atoms with E-state index < -0.39 is 30.4 Å². The third kappa shape index (κ3) is 6.04. The Morgan fingerprint density at radius 2 is 1.65 bits per heavy atom. The molecule has 2 aromatic carbocycles. The van der Waals surface area contributed by atoms with E-state index in [1.54, 1.807) is 0 Å². The average molecular weight is 769 g/mol. The molecule has 5 N–H and O–H groups in total. The molecule has 0 bridgehead atoms. The highest BCUT2D eigenvalue weighted by molar-refractivity contribution is 14.1. The highest BCUT2D eigenvalue weighted by Gasteiger charge is 2.47. The van der Waals surface area contributed by atoms with Crippen LogP contribution in [0.3, 0.4) is 0 Å². The van der Waals surface area contributed by atoms with E-state index in [0.29, 0.717) is 35.6 Å². The van der Waals surface area contributed by atoms with Crippen LogP contribution >= 0.6 is 45.2 Å². The average Bonchev–Trinajstić information content (AvgIpc) is 3.51. The van der Waals surface area contributed by atoms with Crippen molar-refractivity contribution in [2.24, 2.45) is 0 Å². The van der Waals surface area contributed by atoms with Gasteiger partial charge >= 0.3 is 0 Å². The first-order chi connectivity index (χ1) is 19.2. The number of halogens is 2. The van der Waals surface area contributed by atoms with Gasteiger partial charge in [-0.05, 0) is 74.5 Å². The molecule has 1 fully saturated rings. The first kappa shape index (κ1) is 28.6. The number of aromatic nitrogens is 4. The van der Waals surface area contributed by atoms with Crippen LogP contribution in [0.4, 0.5) is 5.82 Å². The van der Waals surface area contributed by atoms with Gasteiger partial charge in [-0.15, -0.1) is 0 Å². The highest BCUT2D eigenvalue weighted by atomic mass is 127. The highest BCUT2D eigenvalue weighted by Crippen LogP contribution is 2.32. The Morgan fingerprint density at radius 1 is 0.975 bits per heavy atom. The van der Waals surface area contributed by atoms with Crippen molar-refractivity contribution in [3.63, 3.8) is 0 Å². The third-order valence-electron chi connectivity index (χ3n) is 6.44. The molecule has 2 aromatic heterocycles. The van der Waals surface area contributed by atoms with Crippen LogP contribution in [0.1, 0.15) is 27.7 Å². The maximum atomic E-state index is 12.5. The molecular formula is C26H25I2N7O5. The van der Waals surface area contributed by atoms with E-state index in [-0.39, 0.29) is 5.91 Å². The number of anilines is 1. The zero-order chi connectivity index (χ0) is 28.4. The topological polar surface area (TPSA) is 164 Å². The maximum absolute atomic E-state index is 12.5. The Kier molecular flexibility index (Phi) is 8.79. The fraction of sp³-hybridized carbons (Fsp3) is 0.269. The molecule has 1 aliphatic rings. The number of carbonyl (C=O) groups excluding carboxylic acids is 2. The number of likely N-dealkylation sites (N-methyl/N-ethyl adjacent to an activating group) is 1. The molecular weight excluding hydrogens is 744 g/mol. The van der Waals surface area contributed by atoms with E-state index in [9.17, 15) is 19.8 Å². The van der Waals surface area contributed by atoms with Crippen molar-refractivity contribution < 1.29 is 24.5 Å². The standard InChI is InChI=1S/C26H25I2N7O5/c1-29-25(39)21-19(36)20(37)26(40-21)35-12-34-18-22(32-11-33-23(18)35)30-9-13-2-4-14(5-3-13)10-31-24(38)15-6-16(27)8-17(28)7-15/h2-8,11-12,19-21,26,36-37H,9-10H2,1H3,(H,29,39)(H,31,38)(H,30,32,33)/t19?,20?,21-,26+/m0/s1. The smallest absolute Gasteiger partial charge is 0.251 e. The second kappa shape index (κ2) is 12.3. The number of nitrogens with zero attached hydrogens (tertiary/aromatic N) is 4. The summed E-state index contributed by atoms with van der Waals surface area (Å²) in [6.07, 6.45) is -2.23. The molecule has 12 nitrogen and oxygen atoms in total. The summed E-state index contributed by atoms with van der Waals surface area (Å²) in [5.74, 6) is -0.184. The Bertz CT molecular complexity index is 1530. The summed E-state index contributed by atoms with van der Waals surface area (Å²) in [4.78, 5) is 37.5. The van der Waals surface area contributed by atoms with Gasteiger partial charge in [-0.1, -0.05) is 24.3 Å². The number of fused-ring (bicyclic) bond motifs is 1. The first-order valence-electron chi connectivity index (χ1n) is 12.2. The number of ether oxygens (including phenoxy) is 1. The Labute approximate surface area is 256 Å². The minimum absolute atomic E-state index is 0.122. The zero-order valence-corrected chi connectivity index (χ0v) is 25.4. The van der Waals surface area contributed by atoms with Gasteiger partial charge in [-0.2, -0.15) is 0 Å². The second-order valence-electron chi connectivity index (χ2n) is 9.10. The lowest BCUT2D eigenvalue weighted by Crippen LogP contribution is -2.41. The fourth-order valence-electron chi connectivity index (χ4n) is 4.35. The number of hydrogen-bond acceptors (Lipinski definition) is 9. The van der Waals surface area contributed by atoms with Gasteiger partial charge in [0.05, 0.1) is 6.33 Å². The molecule has 0 aliphatic carbocycles. The number of aliphatic hydroxyl groups is 2. The normalized spacial score (nSPS) is 20.4. The van der Waals surface area contributed by atoms with Crippen molar-refractivity contribution in [2.45, 2.75) is 37.6 Å². The van der Waals surface area contributed by atoms with Crippen LogP contribution in [0.5, 0.6) is 0 Å². The number of aliphatic hydroxyl groups excluding tert-OH is 2. The molecule has 0 spiro atoms. The van der Waals surface area contributed by atoms with Gasteiger partial charge in [0, 0.05) is 32.8 Å². The first-order valence-corrected chi connectivity index (χ1v) is 14.4. The monoisotopic (exact) mass is 769 g/mol. The predicted octanol–water partition coefficient (Wildman–Crippen LogP) is 1.94. The quantitative estimate of drug-likeness (QED) is 0.169. The van der Waals surface area contributed by atoms with E-state index in [4.69, 9.17) is 4.74 Å². The fourth-order valence-corrected chi connectivity index (χ4v) is 6.28. The van der Waals surface area contributed by atoms with Crippen LogP contribution < -0.4 is 16.0 Å². The summed E-state index contributed by atoms with van der Waals surface area (Å²) in [5, 5.41) is 29.4. The number of nitrogens with one attached hydrogen (secondary N) is 3. The van der Waals surface area contributed by atoms with Crippen molar-refractivity contribution in [1.29, 1.82) is 0 Å². The van der Waals surface area contributed by atoms with Crippen molar-refractivity contribution >= 4 is 74.0 Å². The lowest BCUT2D eigenvalue weighted by atomic mass is 10.1. The minimum Gasteiger partial charge on any atom is -0.387 e. The SMILES string of the molecule is CNC(=O)[C@H]1O[C@@H](n2cnc3c(NCc4ccc(CNC(=O)c5cc(I)cc(I)c5)cc4)ncnc32)C(O)C1O. The zero-order valence-electron chi connectivity index (χ0n) is 21.1. The van der Waals surface area contributed by atoms with Crippen molar-refractivity contribution in [2.75, 3.05) is 12.4 Å². The Morgan fingerprint density at radius 3 is 2.33 bits per heavy atom. The molecule has 0 radical (unpaired) electrons. The molecule has 208 valence electrons.